The van der Waals surface area contributed by atoms with E-state index >= 15 is 0 Å². The van der Waals surface area contributed by atoms with Crippen LogP contribution in [0.1, 0.15) is 0 Å². The third kappa shape index (κ3) is 2.54. The van der Waals surface area contributed by atoms with E-state index in [1.807, 2.05) is 18.5 Å². The van der Waals surface area contributed by atoms with Gasteiger partial charge >= 0.3 is 191 Å². The molecule has 4 heteroatoms. The van der Waals surface area contributed by atoms with Crippen molar-refractivity contribution in [3.63, 3.8) is 0 Å². The van der Waals surface area contributed by atoms with Crippen molar-refractivity contribution < 1.29 is 0 Å². The van der Waals surface area contributed by atoms with Gasteiger partial charge in [-0.25, -0.2) is 0 Å². The molecule has 0 bridgehead atoms. The first-order chi connectivity index (χ1) is 15.9. The van der Waals surface area contributed by atoms with Crippen molar-refractivity contribution >= 4 is 56.9 Å². The number of rotatable bonds is 2. The fourth-order valence-electron chi connectivity index (χ4n) is 4.77. The standard InChI is InChI=1S/C28H17N3Se/c1-2-6-18(7-3-1)22-16-27(30-24-12-14-29-17-23(22)24)31-25-9-5-4-8-19(25)20-10-11-26-21(28(20)31)13-15-32-26/h1-17H. The number of hydrogen-bond donors (Lipinski definition) is 0. The molecule has 4 aromatic heterocycles. The molecule has 4 heterocycles. The van der Waals surface area contributed by atoms with Crippen LogP contribution < -0.4 is 0 Å². The van der Waals surface area contributed by atoms with E-state index in [1.165, 1.54) is 37.0 Å². The zero-order chi connectivity index (χ0) is 21.1. The Labute approximate surface area is 190 Å². The van der Waals surface area contributed by atoms with Crippen molar-refractivity contribution in [2.45, 2.75) is 0 Å². The summed E-state index contributed by atoms with van der Waals surface area (Å²) in [7, 11) is 0. The summed E-state index contributed by atoms with van der Waals surface area (Å²) in [6, 6.07) is 30.3. The van der Waals surface area contributed by atoms with E-state index in [0.29, 0.717) is 14.5 Å². The van der Waals surface area contributed by atoms with Crippen molar-refractivity contribution in [1.29, 1.82) is 0 Å². The summed E-state index contributed by atoms with van der Waals surface area (Å²) in [4.78, 5) is 11.8. The molecule has 0 unspecified atom stereocenters. The van der Waals surface area contributed by atoms with Gasteiger partial charge in [-0.1, -0.05) is 0 Å². The van der Waals surface area contributed by atoms with Crippen LogP contribution in [0, 0.1) is 0 Å². The summed E-state index contributed by atoms with van der Waals surface area (Å²) in [5, 5.41) is 4.93. The second-order valence-corrected chi connectivity index (χ2v) is 9.92. The summed E-state index contributed by atoms with van der Waals surface area (Å²) in [5.74, 6) is 0.940. The van der Waals surface area contributed by atoms with Gasteiger partial charge in [0.15, 0.2) is 0 Å². The Morgan fingerprint density at radius 1 is 0.719 bits per heavy atom. The Balaban J connectivity index is 1.67. The molecule has 0 spiro atoms. The monoisotopic (exact) mass is 475 g/mol. The molecule has 0 amide bonds. The van der Waals surface area contributed by atoms with Crippen LogP contribution in [0.4, 0.5) is 0 Å². The molecular weight excluding hydrogens is 457 g/mol. The minimum atomic E-state index is 0.391. The molecule has 0 fully saturated rings. The third-order valence-electron chi connectivity index (χ3n) is 6.18. The molecule has 0 N–H and O–H groups in total. The molecule has 0 saturated heterocycles. The SMILES string of the molecule is c1ccc(-c2cc(-n3c4ccccc4c4ccc5[se]ccc5c43)nc3ccncc23)cc1. The quantitative estimate of drug-likeness (QED) is 0.264. The summed E-state index contributed by atoms with van der Waals surface area (Å²) in [5.41, 5.74) is 5.71. The average Bonchev–Trinajstić information content (AvgIpc) is 3.46. The molecule has 0 saturated carbocycles. The van der Waals surface area contributed by atoms with Crippen LogP contribution in [0.3, 0.4) is 0 Å². The maximum atomic E-state index is 5.13. The van der Waals surface area contributed by atoms with Crippen LogP contribution in [-0.4, -0.2) is 29.0 Å². The van der Waals surface area contributed by atoms with E-state index in [2.05, 4.69) is 93.4 Å². The summed E-state index contributed by atoms with van der Waals surface area (Å²) < 4.78 is 3.78. The van der Waals surface area contributed by atoms with Gasteiger partial charge in [0.05, 0.1) is 0 Å². The summed E-state index contributed by atoms with van der Waals surface area (Å²) in [6.45, 7) is 0. The van der Waals surface area contributed by atoms with Gasteiger partial charge < -0.3 is 0 Å². The minimum absolute atomic E-state index is 0.391. The normalized spacial score (nSPS) is 11.8. The topological polar surface area (TPSA) is 30.7 Å². The van der Waals surface area contributed by atoms with E-state index in [4.69, 9.17) is 4.98 Å². The first kappa shape index (κ1) is 17.9. The van der Waals surface area contributed by atoms with Crippen molar-refractivity contribution in [1.82, 2.24) is 14.5 Å². The van der Waals surface area contributed by atoms with E-state index in [-0.39, 0.29) is 0 Å². The Hall–Kier alpha value is -3.72. The Bertz CT molecular complexity index is 1780. The van der Waals surface area contributed by atoms with Crippen LogP contribution in [0.2, 0.25) is 0 Å². The van der Waals surface area contributed by atoms with Crippen molar-refractivity contribution in [3.8, 4) is 16.9 Å². The van der Waals surface area contributed by atoms with Crippen LogP contribution in [0.5, 0.6) is 0 Å². The number of pyridine rings is 2. The van der Waals surface area contributed by atoms with Gasteiger partial charge in [0.2, 0.25) is 0 Å². The zero-order valence-electron chi connectivity index (χ0n) is 17.1. The first-order valence-corrected chi connectivity index (χ1v) is 12.4. The molecular formula is C28H17N3Se. The fourth-order valence-corrected chi connectivity index (χ4v) is 6.42. The molecule has 3 aromatic carbocycles. The molecule has 32 heavy (non-hydrogen) atoms. The number of nitrogens with zero attached hydrogens (tertiary/aromatic N) is 3. The molecule has 0 aliphatic heterocycles. The van der Waals surface area contributed by atoms with Gasteiger partial charge in [-0.2, -0.15) is 0 Å². The predicted molar refractivity (Wildman–Crippen MR) is 134 cm³/mol. The van der Waals surface area contributed by atoms with E-state index in [1.54, 1.807) is 0 Å². The number of benzene rings is 3. The Morgan fingerprint density at radius 2 is 1.59 bits per heavy atom. The molecule has 7 aromatic rings. The van der Waals surface area contributed by atoms with E-state index < -0.39 is 0 Å². The van der Waals surface area contributed by atoms with Crippen LogP contribution in [0.15, 0.2) is 102 Å². The number of hydrogen-bond acceptors (Lipinski definition) is 2. The van der Waals surface area contributed by atoms with Gasteiger partial charge in [0.25, 0.3) is 0 Å². The molecule has 150 valence electrons. The van der Waals surface area contributed by atoms with Gasteiger partial charge in [-0.15, -0.1) is 0 Å². The van der Waals surface area contributed by atoms with Crippen molar-refractivity contribution in [2.75, 3.05) is 0 Å². The molecule has 7 rings (SSSR count). The molecule has 0 radical (unpaired) electrons. The van der Waals surface area contributed by atoms with Gasteiger partial charge in [0.1, 0.15) is 0 Å². The van der Waals surface area contributed by atoms with Gasteiger partial charge in [-0.3, -0.25) is 0 Å². The second kappa shape index (κ2) is 6.89. The van der Waals surface area contributed by atoms with Crippen molar-refractivity contribution in [3.05, 3.63) is 102 Å². The van der Waals surface area contributed by atoms with Gasteiger partial charge in [0, 0.05) is 0 Å². The molecule has 0 aliphatic carbocycles. The average molecular weight is 474 g/mol. The first-order valence-electron chi connectivity index (χ1n) is 10.6. The molecule has 0 aliphatic rings. The molecule has 0 atom stereocenters. The van der Waals surface area contributed by atoms with Crippen molar-refractivity contribution in [2.24, 2.45) is 0 Å². The Kier molecular flexibility index (Phi) is 3.86. The molecule has 3 nitrogen and oxygen atoms in total. The summed E-state index contributed by atoms with van der Waals surface area (Å²) in [6.07, 6.45) is 3.74. The van der Waals surface area contributed by atoms with E-state index in [9.17, 15) is 0 Å². The maximum absolute atomic E-state index is 5.13. The van der Waals surface area contributed by atoms with E-state index in [0.717, 1.165) is 22.3 Å². The third-order valence-corrected chi connectivity index (χ3v) is 8.03. The number of aromatic nitrogens is 3. The zero-order valence-corrected chi connectivity index (χ0v) is 18.8. The van der Waals surface area contributed by atoms with Gasteiger partial charge in [-0.05, 0) is 0 Å². The fraction of sp³-hybridized carbons (Fsp3) is 0. The van der Waals surface area contributed by atoms with Crippen LogP contribution in [0.25, 0.3) is 59.3 Å². The second-order valence-electron chi connectivity index (χ2n) is 7.93. The summed E-state index contributed by atoms with van der Waals surface area (Å²) >= 11 is 0.391. The number of fused-ring (bicyclic) bond motifs is 6. The predicted octanol–water partition coefficient (Wildman–Crippen LogP) is 6.60. The van der Waals surface area contributed by atoms with Crippen LogP contribution >= 0.6 is 0 Å². The number of para-hydroxylation sites is 1. The Morgan fingerprint density at radius 3 is 2.53 bits per heavy atom. The van der Waals surface area contributed by atoms with Crippen LogP contribution in [-0.2, 0) is 0 Å².